The van der Waals surface area contributed by atoms with E-state index < -0.39 is 0 Å². The molecule has 2 saturated heterocycles. The Labute approximate surface area is 98.1 Å². The summed E-state index contributed by atoms with van der Waals surface area (Å²) in [5, 5.41) is 0. The van der Waals surface area contributed by atoms with E-state index in [1.807, 2.05) is 0 Å². The highest BCUT2D eigenvalue weighted by molar-refractivity contribution is 5.82. The van der Waals surface area contributed by atoms with Crippen molar-refractivity contribution in [2.45, 2.75) is 45.1 Å². The molecule has 3 nitrogen and oxygen atoms in total. The zero-order chi connectivity index (χ0) is 11.4. The van der Waals surface area contributed by atoms with Crippen molar-refractivity contribution in [3.05, 3.63) is 0 Å². The van der Waals surface area contributed by atoms with E-state index in [-0.39, 0.29) is 0 Å². The van der Waals surface area contributed by atoms with Crippen LogP contribution in [0.25, 0.3) is 0 Å². The topological polar surface area (TPSA) is 29.5 Å². The molecule has 0 spiro atoms. The zero-order valence-corrected chi connectivity index (χ0v) is 10.3. The Bertz CT molecular complexity index is 236. The molecule has 0 aliphatic carbocycles. The third-order valence-electron chi connectivity index (χ3n) is 3.89. The van der Waals surface area contributed by atoms with E-state index in [0.717, 1.165) is 45.5 Å². The van der Waals surface area contributed by atoms with E-state index in [0.29, 0.717) is 17.8 Å². The monoisotopic (exact) mass is 225 g/mol. The largest absolute Gasteiger partial charge is 0.378 e. The molecular weight excluding hydrogens is 202 g/mol. The van der Waals surface area contributed by atoms with Gasteiger partial charge in [-0.1, -0.05) is 6.92 Å². The molecule has 0 bridgehead atoms. The molecule has 0 amide bonds. The average Bonchev–Trinajstić information content (AvgIpc) is 2.81. The van der Waals surface area contributed by atoms with E-state index >= 15 is 0 Å². The number of nitrogens with zero attached hydrogens (tertiary/aromatic N) is 1. The molecule has 2 aliphatic heterocycles. The van der Waals surface area contributed by atoms with Crippen LogP contribution in [-0.2, 0) is 9.53 Å². The lowest BCUT2D eigenvalue weighted by Crippen LogP contribution is -2.41. The highest BCUT2D eigenvalue weighted by Gasteiger charge is 2.26. The van der Waals surface area contributed by atoms with Crippen LogP contribution in [0.1, 0.15) is 39.0 Å². The number of carbonyl (C=O) groups excluding carboxylic acids is 1. The van der Waals surface area contributed by atoms with Gasteiger partial charge in [-0.25, -0.2) is 0 Å². The third kappa shape index (κ3) is 3.05. The number of Topliss-reactive ketones (excluding diaryl/α,β-unsaturated/α-hetero) is 1. The molecule has 0 N–H and O–H groups in total. The molecule has 2 heterocycles. The van der Waals surface area contributed by atoms with Crippen LogP contribution in [0, 0.1) is 5.92 Å². The Hall–Kier alpha value is -0.410. The maximum absolute atomic E-state index is 11.6. The van der Waals surface area contributed by atoms with Gasteiger partial charge in [0.15, 0.2) is 0 Å². The number of ether oxygens (including phenoxy) is 1. The lowest BCUT2D eigenvalue weighted by atomic mass is 9.94. The Balaban J connectivity index is 1.71. The third-order valence-corrected chi connectivity index (χ3v) is 3.89. The summed E-state index contributed by atoms with van der Waals surface area (Å²) < 4.78 is 5.62. The summed E-state index contributed by atoms with van der Waals surface area (Å²) in [6, 6.07) is 0. The van der Waals surface area contributed by atoms with Crippen molar-refractivity contribution in [2.24, 2.45) is 5.92 Å². The molecule has 2 rings (SSSR count). The van der Waals surface area contributed by atoms with E-state index in [1.165, 1.54) is 12.8 Å². The Morgan fingerprint density at radius 3 is 3.06 bits per heavy atom. The van der Waals surface area contributed by atoms with Gasteiger partial charge in [0.1, 0.15) is 5.78 Å². The van der Waals surface area contributed by atoms with Crippen LogP contribution in [0.15, 0.2) is 0 Å². The molecule has 16 heavy (non-hydrogen) atoms. The molecular formula is C13H23NO2. The molecule has 3 heteroatoms. The standard InChI is InChI=1S/C13H23NO2/c1-2-11-10-14(8-6-13(11)15)7-5-12-4-3-9-16-12/h11-12H,2-10H2,1H3. The highest BCUT2D eigenvalue weighted by atomic mass is 16.5. The number of ketones is 1. The average molecular weight is 225 g/mol. The fraction of sp³-hybridized carbons (Fsp3) is 0.923. The predicted octanol–water partition coefficient (Wildman–Crippen LogP) is 1.86. The second kappa shape index (κ2) is 5.78. The molecule has 0 aromatic rings. The first-order valence-electron chi connectivity index (χ1n) is 6.66. The van der Waals surface area contributed by atoms with Gasteiger partial charge in [-0.2, -0.15) is 0 Å². The quantitative estimate of drug-likeness (QED) is 0.731. The van der Waals surface area contributed by atoms with Crippen molar-refractivity contribution in [1.82, 2.24) is 4.90 Å². The summed E-state index contributed by atoms with van der Waals surface area (Å²) in [6.45, 7) is 6.10. The molecule has 2 fully saturated rings. The number of carbonyl (C=O) groups is 1. The summed E-state index contributed by atoms with van der Waals surface area (Å²) in [4.78, 5) is 14.0. The first-order chi connectivity index (χ1) is 7.79. The summed E-state index contributed by atoms with van der Waals surface area (Å²) in [6.07, 6.45) is 5.83. The summed E-state index contributed by atoms with van der Waals surface area (Å²) in [5.41, 5.74) is 0. The lowest BCUT2D eigenvalue weighted by Gasteiger charge is -2.31. The minimum absolute atomic E-state index is 0.290. The van der Waals surface area contributed by atoms with Gasteiger partial charge in [-0.3, -0.25) is 4.79 Å². The van der Waals surface area contributed by atoms with Gasteiger partial charge in [0.25, 0.3) is 0 Å². The van der Waals surface area contributed by atoms with Gasteiger partial charge in [0.2, 0.25) is 0 Å². The van der Waals surface area contributed by atoms with Crippen molar-refractivity contribution >= 4 is 5.78 Å². The second-order valence-corrected chi connectivity index (χ2v) is 5.05. The molecule has 92 valence electrons. The number of hydrogen-bond donors (Lipinski definition) is 0. The first-order valence-corrected chi connectivity index (χ1v) is 6.66. The van der Waals surface area contributed by atoms with Gasteiger partial charge in [0.05, 0.1) is 6.10 Å². The van der Waals surface area contributed by atoms with Crippen molar-refractivity contribution < 1.29 is 9.53 Å². The van der Waals surface area contributed by atoms with Gasteiger partial charge < -0.3 is 9.64 Å². The van der Waals surface area contributed by atoms with Gasteiger partial charge in [-0.05, 0) is 25.7 Å². The Morgan fingerprint density at radius 1 is 1.50 bits per heavy atom. The van der Waals surface area contributed by atoms with Crippen LogP contribution in [0.5, 0.6) is 0 Å². The van der Waals surface area contributed by atoms with E-state index in [9.17, 15) is 4.79 Å². The number of rotatable bonds is 4. The Kier molecular flexibility index (Phi) is 4.36. The Morgan fingerprint density at radius 2 is 2.38 bits per heavy atom. The van der Waals surface area contributed by atoms with Gasteiger partial charge >= 0.3 is 0 Å². The van der Waals surface area contributed by atoms with E-state index in [1.54, 1.807) is 0 Å². The SMILES string of the molecule is CCC1CN(CCC2CCCO2)CCC1=O. The summed E-state index contributed by atoms with van der Waals surface area (Å²) in [7, 11) is 0. The molecule has 2 atom stereocenters. The molecule has 0 aromatic heterocycles. The molecule has 2 aliphatic rings. The van der Waals surface area contributed by atoms with E-state index in [2.05, 4.69) is 11.8 Å². The fourth-order valence-corrected chi connectivity index (χ4v) is 2.74. The summed E-state index contributed by atoms with van der Waals surface area (Å²) >= 11 is 0. The highest BCUT2D eigenvalue weighted by Crippen LogP contribution is 2.19. The van der Waals surface area contributed by atoms with Crippen LogP contribution in [-0.4, -0.2) is 43.0 Å². The minimum Gasteiger partial charge on any atom is -0.378 e. The van der Waals surface area contributed by atoms with Gasteiger partial charge in [-0.15, -0.1) is 0 Å². The molecule has 2 unspecified atom stereocenters. The van der Waals surface area contributed by atoms with Crippen LogP contribution in [0.2, 0.25) is 0 Å². The molecule has 0 aromatic carbocycles. The minimum atomic E-state index is 0.290. The van der Waals surface area contributed by atoms with Crippen LogP contribution in [0.3, 0.4) is 0 Å². The second-order valence-electron chi connectivity index (χ2n) is 5.05. The van der Waals surface area contributed by atoms with E-state index in [4.69, 9.17) is 4.74 Å². The maximum atomic E-state index is 11.6. The lowest BCUT2D eigenvalue weighted by molar-refractivity contribution is -0.126. The number of hydrogen-bond acceptors (Lipinski definition) is 3. The smallest absolute Gasteiger partial charge is 0.138 e. The zero-order valence-electron chi connectivity index (χ0n) is 10.3. The first kappa shape index (κ1) is 12.1. The van der Waals surface area contributed by atoms with Crippen molar-refractivity contribution in [3.63, 3.8) is 0 Å². The number of likely N-dealkylation sites (tertiary alicyclic amines) is 1. The molecule has 0 radical (unpaired) electrons. The fourth-order valence-electron chi connectivity index (χ4n) is 2.74. The number of piperidine rings is 1. The van der Waals surface area contributed by atoms with Crippen molar-refractivity contribution in [2.75, 3.05) is 26.2 Å². The van der Waals surface area contributed by atoms with Crippen LogP contribution in [0.4, 0.5) is 0 Å². The predicted molar refractivity (Wildman–Crippen MR) is 63.4 cm³/mol. The normalized spacial score (nSPS) is 32.2. The summed E-state index contributed by atoms with van der Waals surface area (Å²) in [5.74, 6) is 0.758. The van der Waals surface area contributed by atoms with Crippen molar-refractivity contribution in [3.8, 4) is 0 Å². The van der Waals surface area contributed by atoms with Crippen LogP contribution >= 0.6 is 0 Å². The van der Waals surface area contributed by atoms with Gasteiger partial charge in [0, 0.05) is 38.6 Å². The van der Waals surface area contributed by atoms with Crippen molar-refractivity contribution in [1.29, 1.82) is 0 Å². The maximum Gasteiger partial charge on any atom is 0.138 e. The van der Waals surface area contributed by atoms with Crippen LogP contribution < -0.4 is 0 Å². The molecule has 0 saturated carbocycles.